The number of aromatic amines is 1. The number of para-hydroxylation sites is 1. The molecule has 2 aromatic rings. The summed E-state index contributed by atoms with van der Waals surface area (Å²) in [6.07, 6.45) is 3.71. The molecule has 1 aliphatic rings. The van der Waals surface area contributed by atoms with Crippen LogP contribution < -0.4 is 5.32 Å². The molecule has 1 saturated heterocycles. The lowest BCUT2D eigenvalue weighted by Crippen LogP contribution is -2.39. The van der Waals surface area contributed by atoms with Crippen molar-refractivity contribution >= 4 is 20.7 Å². The zero-order chi connectivity index (χ0) is 13.3. The standard InChI is InChI=1S/C14H18N2O2S/c17-19(18)7-3-4-12(10-19)15-8-11-9-16-14-6-2-1-5-13(11)14/h1-2,5-6,9,12,15-16H,3-4,7-8,10H2. The van der Waals surface area contributed by atoms with E-state index in [-0.39, 0.29) is 11.8 Å². The number of fused-ring (bicyclic) bond motifs is 1. The first kappa shape index (κ1) is 12.7. The van der Waals surface area contributed by atoms with Crippen molar-refractivity contribution in [3.05, 3.63) is 36.0 Å². The van der Waals surface area contributed by atoms with Crippen LogP contribution >= 0.6 is 0 Å². The van der Waals surface area contributed by atoms with E-state index in [1.165, 1.54) is 10.9 Å². The monoisotopic (exact) mass is 278 g/mol. The first-order valence-corrected chi connectivity index (χ1v) is 8.45. The second kappa shape index (κ2) is 4.98. The molecule has 1 fully saturated rings. The summed E-state index contributed by atoms with van der Waals surface area (Å²) in [4.78, 5) is 3.23. The summed E-state index contributed by atoms with van der Waals surface area (Å²) >= 11 is 0. The number of hydrogen-bond donors (Lipinski definition) is 2. The molecule has 2 heterocycles. The van der Waals surface area contributed by atoms with Crippen LogP contribution in [0.3, 0.4) is 0 Å². The maximum Gasteiger partial charge on any atom is 0.151 e. The van der Waals surface area contributed by atoms with Crippen molar-refractivity contribution in [1.29, 1.82) is 0 Å². The third-order valence-electron chi connectivity index (χ3n) is 3.72. The number of rotatable bonds is 3. The Morgan fingerprint density at radius 2 is 2.16 bits per heavy atom. The van der Waals surface area contributed by atoms with Gasteiger partial charge in [0.05, 0.1) is 11.5 Å². The fourth-order valence-electron chi connectivity index (χ4n) is 2.72. The molecule has 0 amide bonds. The highest BCUT2D eigenvalue weighted by Crippen LogP contribution is 2.18. The second-order valence-electron chi connectivity index (χ2n) is 5.19. The average Bonchev–Trinajstić information content (AvgIpc) is 2.78. The van der Waals surface area contributed by atoms with E-state index in [0.717, 1.165) is 18.4 Å². The van der Waals surface area contributed by atoms with Gasteiger partial charge in [0, 0.05) is 29.7 Å². The minimum atomic E-state index is -2.84. The van der Waals surface area contributed by atoms with Gasteiger partial charge >= 0.3 is 0 Å². The molecule has 2 N–H and O–H groups in total. The molecule has 0 radical (unpaired) electrons. The minimum absolute atomic E-state index is 0.0902. The number of aromatic nitrogens is 1. The van der Waals surface area contributed by atoms with Crippen LogP contribution in [0.1, 0.15) is 18.4 Å². The molecule has 4 nitrogen and oxygen atoms in total. The van der Waals surface area contributed by atoms with Gasteiger partial charge in [-0.2, -0.15) is 0 Å². The summed E-state index contributed by atoms with van der Waals surface area (Å²) in [5.74, 6) is 0.619. The van der Waals surface area contributed by atoms with Gasteiger partial charge in [-0.05, 0) is 24.5 Å². The molecule has 1 unspecified atom stereocenters. The molecule has 0 spiro atoms. The maximum atomic E-state index is 11.6. The van der Waals surface area contributed by atoms with E-state index in [4.69, 9.17) is 0 Å². The first-order chi connectivity index (χ1) is 9.14. The molecule has 0 bridgehead atoms. The zero-order valence-corrected chi connectivity index (χ0v) is 11.5. The smallest absolute Gasteiger partial charge is 0.151 e. The van der Waals surface area contributed by atoms with Crippen molar-refractivity contribution in [3.63, 3.8) is 0 Å². The third kappa shape index (κ3) is 2.82. The Labute approximate surface area is 113 Å². The minimum Gasteiger partial charge on any atom is -0.361 e. The largest absolute Gasteiger partial charge is 0.361 e. The number of benzene rings is 1. The Kier molecular flexibility index (Phi) is 3.33. The van der Waals surface area contributed by atoms with Crippen LogP contribution in [0.5, 0.6) is 0 Å². The summed E-state index contributed by atoms with van der Waals surface area (Å²) in [5.41, 5.74) is 2.31. The van der Waals surface area contributed by atoms with Gasteiger partial charge in [0.2, 0.25) is 0 Å². The van der Waals surface area contributed by atoms with Crippen LogP contribution in [0.2, 0.25) is 0 Å². The van der Waals surface area contributed by atoms with Crippen molar-refractivity contribution < 1.29 is 8.42 Å². The average molecular weight is 278 g/mol. The van der Waals surface area contributed by atoms with E-state index in [1.54, 1.807) is 0 Å². The molecule has 1 atom stereocenters. The van der Waals surface area contributed by atoms with E-state index in [1.807, 2.05) is 24.4 Å². The van der Waals surface area contributed by atoms with E-state index >= 15 is 0 Å². The highest BCUT2D eigenvalue weighted by molar-refractivity contribution is 7.91. The van der Waals surface area contributed by atoms with Gasteiger partial charge < -0.3 is 10.3 Å². The Morgan fingerprint density at radius 1 is 1.32 bits per heavy atom. The maximum absolute atomic E-state index is 11.6. The molecule has 1 aromatic carbocycles. The third-order valence-corrected chi connectivity index (χ3v) is 5.54. The molecule has 102 valence electrons. The van der Waals surface area contributed by atoms with E-state index in [9.17, 15) is 8.42 Å². The van der Waals surface area contributed by atoms with Crippen molar-refractivity contribution in [2.75, 3.05) is 11.5 Å². The quantitative estimate of drug-likeness (QED) is 0.900. The Morgan fingerprint density at radius 3 is 3.00 bits per heavy atom. The summed E-state index contributed by atoms with van der Waals surface area (Å²) < 4.78 is 23.2. The number of hydrogen-bond acceptors (Lipinski definition) is 3. The van der Waals surface area contributed by atoms with Gasteiger partial charge in [0.1, 0.15) is 0 Å². The second-order valence-corrected chi connectivity index (χ2v) is 7.42. The Hall–Kier alpha value is -1.33. The fraction of sp³-hybridized carbons (Fsp3) is 0.429. The van der Waals surface area contributed by atoms with E-state index < -0.39 is 9.84 Å². The molecule has 1 aliphatic heterocycles. The normalized spacial score (nSPS) is 22.6. The lowest BCUT2D eigenvalue weighted by atomic mass is 10.1. The first-order valence-electron chi connectivity index (χ1n) is 6.63. The molecule has 1 aromatic heterocycles. The molecule has 5 heteroatoms. The van der Waals surface area contributed by atoms with Crippen molar-refractivity contribution in [2.24, 2.45) is 0 Å². The number of H-pyrrole nitrogens is 1. The van der Waals surface area contributed by atoms with Crippen LogP contribution in [-0.2, 0) is 16.4 Å². The van der Waals surface area contributed by atoms with Crippen molar-refractivity contribution in [2.45, 2.75) is 25.4 Å². The van der Waals surface area contributed by atoms with Gasteiger partial charge in [-0.3, -0.25) is 0 Å². The van der Waals surface area contributed by atoms with Crippen LogP contribution in [-0.4, -0.2) is 30.9 Å². The Balaban J connectivity index is 1.69. The Bertz CT molecular complexity index is 676. The zero-order valence-electron chi connectivity index (χ0n) is 10.7. The molecule has 0 aliphatic carbocycles. The van der Waals surface area contributed by atoms with Crippen molar-refractivity contribution in [3.8, 4) is 0 Å². The van der Waals surface area contributed by atoms with Crippen molar-refractivity contribution in [1.82, 2.24) is 10.3 Å². The predicted molar refractivity (Wildman–Crippen MR) is 76.8 cm³/mol. The lowest BCUT2D eigenvalue weighted by molar-refractivity contribution is 0.481. The van der Waals surface area contributed by atoms with Gasteiger partial charge in [-0.15, -0.1) is 0 Å². The molecular weight excluding hydrogens is 260 g/mol. The number of nitrogens with one attached hydrogen (secondary N) is 2. The van der Waals surface area contributed by atoms with E-state index in [2.05, 4.69) is 16.4 Å². The summed E-state index contributed by atoms with van der Waals surface area (Å²) in [6.45, 7) is 0.712. The van der Waals surface area contributed by atoms with Crippen LogP contribution in [0.4, 0.5) is 0 Å². The van der Waals surface area contributed by atoms with E-state index in [0.29, 0.717) is 12.3 Å². The highest BCUT2D eigenvalue weighted by atomic mass is 32.2. The summed E-state index contributed by atoms with van der Waals surface area (Å²) in [7, 11) is -2.84. The SMILES string of the molecule is O=S1(=O)CCCC(NCc2c[nH]c3ccccc23)C1. The molecule has 3 rings (SSSR count). The van der Waals surface area contributed by atoms with Gasteiger partial charge in [0.15, 0.2) is 9.84 Å². The lowest BCUT2D eigenvalue weighted by Gasteiger charge is -2.22. The van der Waals surface area contributed by atoms with Crippen LogP contribution in [0, 0.1) is 0 Å². The fourth-order valence-corrected chi connectivity index (χ4v) is 4.39. The van der Waals surface area contributed by atoms with Gasteiger partial charge in [-0.25, -0.2) is 8.42 Å². The van der Waals surface area contributed by atoms with Gasteiger partial charge in [-0.1, -0.05) is 18.2 Å². The van der Waals surface area contributed by atoms with Gasteiger partial charge in [0.25, 0.3) is 0 Å². The number of sulfone groups is 1. The summed E-state index contributed by atoms with van der Waals surface area (Å²) in [6, 6.07) is 8.24. The topological polar surface area (TPSA) is 62.0 Å². The molecular formula is C14H18N2O2S. The highest BCUT2D eigenvalue weighted by Gasteiger charge is 2.24. The van der Waals surface area contributed by atoms with Crippen LogP contribution in [0.15, 0.2) is 30.5 Å². The summed E-state index contributed by atoms with van der Waals surface area (Å²) in [5, 5.41) is 4.58. The molecule has 0 saturated carbocycles. The predicted octanol–water partition coefficient (Wildman–Crippen LogP) is 1.83. The molecule has 19 heavy (non-hydrogen) atoms. The van der Waals surface area contributed by atoms with Crippen LogP contribution in [0.25, 0.3) is 10.9 Å².